The Labute approximate surface area is 149 Å². The van der Waals surface area contributed by atoms with Gasteiger partial charge in [0.25, 0.3) is 0 Å². The van der Waals surface area contributed by atoms with Gasteiger partial charge in [0.05, 0.1) is 5.39 Å². The number of hydrogen-bond donors (Lipinski definition) is 1. The van der Waals surface area contributed by atoms with Gasteiger partial charge in [-0.05, 0) is 31.5 Å². The lowest BCUT2D eigenvalue weighted by Gasteiger charge is -2.22. The first-order chi connectivity index (χ1) is 12.1. The Morgan fingerprint density at radius 2 is 2.12 bits per heavy atom. The summed E-state index contributed by atoms with van der Waals surface area (Å²) < 4.78 is 0. The highest BCUT2D eigenvalue weighted by molar-refractivity contribution is 7.18. The Hall–Kier alpha value is -2.54. The Bertz CT molecular complexity index is 938. The molecule has 4 heterocycles. The lowest BCUT2D eigenvalue weighted by Crippen LogP contribution is -2.29. The van der Waals surface area contributed by atoms with Gasteiger partial charge in [-0.3, -0.25) is 9.78 Å². The maximum Gasteiger partial charge on any atom is 0.221 e. The van der Waals surface area contributed by atoms with Crippen molar-refractivity contribution in [3.8, 4) is 11.4 Å². The van der Waals surface area contributed by atoms with Gasteiger partial charge in [-0.2, -0.15) is 0 Å². The third-order valence-corrected chi connectivity index (χ3v) is 5.64. The van der Waals surface area contributed by atoms with Crippen LogP contribution in [-0.4, -0.2) is 40.5 Å². The van der Waals surface area contributed by atoms with Crippen LogP contribution in [0.1, 0.15) is 16.9 Å². The van der Waals surface area contributed by atoms with Crippen molar-refractivity contribution >= 4 is 33.3 Å². The number of nitrogens with zero attached hydrogens (tertiary/aromatic N) is 4. The van der Waals surface area contributed by atoms with Crippen LogP contribution in [-0.2, 0) is 4.79 Å². The average Bonchev–Trinajstić information content (AvgIpc) is 2.79. The van der Waals surface area contributed by atoms with Crippen molar-refractivity contribution in [2.75, 3.05) is 24.5 Å². The molecular formula is C18H19N5OS. The van der Waals surface area contributed by atoms with Gasteiger partial charge < -0.3 is 10.2 Å². The van der Waals surface area contributed by atoms with E-state index in [-0.39, 0.29) is 5.91 Å². The third-order valence-electron chi connectivity index (χ3n) is 4.54. The van der Waals surface area contributed by atoms with E-state index in [1.165, 1.54) is 10.4 Å². The molecule has 1 fully saturated rings. The van der Waals surface area contributed by atoms with Crippen LogP contribution in [0.25, 0.3) is 21.6 Å². The second-order valence-corrected chi connectivity index (χ2v) is 7.37. The minimum atomic E-state index is 0.0958. The number of hydrogen-bond acceptors (Lipinski definition) is 6. The molecule has 25 heavy (non-hydrogen) atoms. The van der Waals surface area contributed by atoms with Gasteiger partial charge in [-0.1, -0.05) is 0 Å². The number of aromatic nitrogens is 3. The lowest BCUT2D eigenvalue weighted by molar-refractivity contribution is -0.120. The average molecular weight is 353 g/mol. The molecule has 0 saturated carbocycles. The van der Waals surface area contributed by atoms with E-state index in [1.807, 2.05) is 12.1 Å². The standard InChI is InChI=1S/C18H19N5OS/c1-11-12(2)25-18-15(11)17(23-8-5-14(24)20-7-9-23)21-16(22-18)13-4-3-6-19-10-13/h3-4,6,10H,5,7-9H2,1-2H3,(H,20,24). The zero-order valence-electron chi connectivity index (χ0n) is 14.2. The highest BCUT2D eigenvalue weighted by atomic mass is 32.1. The number of anilines is 1. The summed E-state index contributed by atoms with van der Waals surface area (Å²) in [5.41, 5.74) is 2.12. The molecule has 0 spiro atoms. The molecule has 0 atom stereocenters. The van der Waals surface area contributed by atoms with Crippen molar-refractivity contribution in [3.05, 3.63) is 35.0 Å². The highest BCUT2D eigenvalue weighted by Gasteiger charge is 2.22. The van der Waals surface area contributed by atoms with E-state index in [0.29, 0.717) is 25.3 Å². The molecule has 3 aromatic heterocycles. The Morgan fingerprint density at radius 3 is 2.92 bits per heavy atom. The van der Waals surface area contributed by atoms with Crippen molar-refractivity contribution < 1.29 is 4.79 Å². The summed E-state index contributed by atoms with van der Waals surface area (Å²) in [7, 11) is 0. The van der Waals surface area contributed by atoms with Crippen LogP contribution in [0.3, 0.4) is 0 Å². The number of thiophene rings is 1. The first-order valence-electron chi connectivity index (χ1n) is 8.33. The van der Waals surface area contributed by atoms with Crippen molar-refractivity contribution in [1.82, 2.24) is 20.3 Å². The van der Waals surface area contributed by atoms with Crippen LogP contribution in [0.4, 0.5) is 5.82 Å². The summed E-state index contributed by atoms with van der Waals surface area (Å²) in [5.74, 6) is 1.70. The van der Waals surface area contributed by atoms with Crippen LogP contribution in [0, 0.1) is 13.8 Å². The largest absolute Gasteiger partial charge is 0.354 e. The van der Waals surface area contributed by atoms with Gasteiger partial charge >= 0.3 is 0 Å². The zero-order chi connectivity index (χ0) is 17.4. The predicted molar refractivity (Wildman–Crippen MR) is 100.0 cm³/mol. The van der Waals surface area contributed by atoms with Gasteiger partial charge in [0.1, 0.15) is 10.6 Å². The molecule has 0 bridgehead atoms. The Balaban J connectivity index is 1.89. The van der Waals surface area contributed by atoms with E-state index in [4.69, 9.17) is 9.97 Å². The maximum atomic E-state index is 11.7. The fraction of sp³-hybridized carbons (Fsp3) is 0.333. The summed E-state index contributed by atoms with van der Waals surface area (Å²) >= 11 is 1.69. The zero-order valence-corrected chi connectivity index (χ0v) is 15.1. The second kappa shape index (κ2) is 6.40. The minimum absolute atomic E-state index is 0.0958. The van der Waals surface area contributed by atoms with Crippen molar-refractivity contribution in [1.29, 1.82) is 0 Å². The maximum absolute atomic E-state index is 11.7. The Morgan fingerprint density at radius 1 is 1.24 bits per heavy atom. The minimum Gasteiger partial charge on any atom is -0.354 e. The number of rotatable bonds is 2. The van der Waals surface area contributed by atoms with E-state index in [1.54, 1.807) is 23.7 Å². The normalized spacial score (nSPS) is 15.3. The summed E-state index contributed by atoms with van der Waals surface area (Å²) in [6.07, 6.45) is 4.01. The molecule has 0 aromatic carbocycles. The first kappa shape index (κ1) is 16.0. The van der Waals surface area contributed by atoms with Gasteiger partial charge in [0.15, 0.2) is 5.82 Å². The molecule has 1 amide bonds. The predicted octanol–water partition coefficient (Wildman–Crippen LogP) is 2.70. The second-order valence-electron chi connectivity index (χ2n) is 6.16. The van der Waals surface area contributed by atoms with Crippen LogP contribution >= 0.6 is 11.3 Å². The van der Waals surface area contributed by atoms with Gasteiger partial charge in [0, 0.05) is 48.9 Å². The van der Waals surface area contributed by atoms with E-state index in [0.717, 1.165) is 28.1 Å². The first-order valence-corrected chi connectivity index (χ1v) is 9.15. The summed E-state index contributed by atoms with van der Waals surface area (Å²) in [6.45, 7) is 6.28. The molecule has 0 aliphatic carbocycles. The number of fused-ring (bicyclic) bond motifs is 1. The quantitative estimate of drug-likeness (QED) is 0.767. The molecule has 4 rings (SSSR count). The molecule has 7 heteroatoms. The third kappa shape index (κ3) is 2.95. The number of pyridine rings is 1. The molecule has 1 saturated heterocycles. The van der Waals surface area contributed by atoms with Gasteiger partial charge in [-0.15, -0.1) is 11.3 Å². The molecule has 1 aliphatic rings. The van der Waals surface area contributed by atoms with Crippen LogP contribution in [0.15, 0.2) is 24.5 Å². The number of aryl methyl sites for hydroxylation is 2. The lowest BCUT2D eigenvalue weighted by atomic mass is 10.2. The number of amides is 1. The Kier molecular flexibility index (Phi) is 4.09. The van der Waals surface area contributed by atoms with E-state index < -0.39 is 0 Å². The van der Waals surface area contributed by atoms with Crippen LogP contribution in [0.2, 0.25) is 0 Å². The van der Waals surface area contributed by atoms with Crippen molar-refractivity contribution in [2.24, 2.45) is 0 Å². The molecular weight excluding hydrogens is 334 g/mol. The van der Waals surface area contributed by atoms with E-state index >= 15 is 0 Å². The van der Waals surface area contributed by atoms with Crippen molar-refractivity contribution in [3.63, 3.8) is 0 Å². The number of carbonyl (C=O) groups is 1. The molecule has 128 valence electrons. The fourth-order valence-corrected chi connectivity index (χ4v) is 4.08. The summed E-state index contributed by atoms with van der Waals surface area (Å²) in [6, 6.07) is 3.86. The molecule has 0 unspecified atom stereocenters. The van der Waals surface area contributed by atoms with Gasteiger partial charge in [-0.25, -0.2) is 9.97 Å². The van der Waals surface area contributed by atoms with E-state index in [9.17, 15) is 4.79 Å². The molecule has 3 aromatic rings. The number of nitrogens with one attached hydrogen (secondary N) is 1. The summed E-state index contributed by atoms with van der Waals surface area (Å²) in [4.78, 5) is 30.0. The smallest absolute Gasteiger partial charge is 0.221 e. The summed E-state index contributed by atoms with van der Waals surface area (Å²) in [5, 5.41) is 4.03. The SMILES string of the molecule is Cc1sc2nc(-c3cccnc3)nc(N3CCNC(=O)CC3)c2c1C. The van der Waals surface area contributed by atoms with Crippen LogP contribution < -0.4 is 10.2 Å². The topological polar surface area (TPSA) is 71.0 Å². The monoisotopic (exact) mass is 353 g/mol. The molecule has 1 aliphatic heterocycles. The molecule has 0 radical (unpaired) electrons. The van der Waals surface area contributed by atoms with Crippen LogP contribution in [0.5, 0.6) is 0 Å². The number of carbonyl (C=O) groups excluding carboxylic acids is 1. The van der Waals surface area contributed by atoms with Crippen molar-refractivity contribution in [2.45, 2.75) is 20.3 Å². The molecule has 6 nitrogen and oxygen atoms in total. The highest BCUT2D eigenvalue weighted by Crippen LogP contribution is 2.36. The fourth-order valence-electron chi connectivity index (χ4n) is 3.06. The van der Waals surface area contributed by atoms with E-state index in [2.05, 4.69) is 29.0 Å². The molecule has 1 N–H and O–H groups in total. The van der Waals surface area contributed by atoms with Gasteiger partial charge in [0.2, 0.25) is 5.91 Å².